The summed E-state index contributed by atoms with van der Waals surface area (Å²) in [5.74, 6) is 0. The van der Waals surface area contributed by atoms with Crippen LogP contribution in [0.3, 0.4) is 0 Å². The zero-order valence-electron chi connectivity index (χ0n) is 7.43. The van der Waals surface area contributed by atoms with Crippen molar-refractivity contribution in [2.45, 2.75) is 6.18 Å². The van der Waals surface area contributed by atoms with Crippen LogP contribution in [0.2, 0.25) is 0 Å². The molecule has 0 radical (unpaired) electrons. The molecule has 0 aromatic heterocycles. The fourth-order valence-electron chi connectivity index (χ4n) is 1.26. The van der Waals surface area contributed by atoms with Gasteiger partial charge in [0.1, 0.15) is 0 Å². The lowest BCUT2D eigenvalue weighted by Crippen LogP contribution is -2.09. The second-order valence-electron chi connectivity index (χ2n) is 2.72. The molecule has 0 fully saturated rings. The fraction of sp³-hybridized carbons (Fsp3) is 0.0909. The first-order valence-corrected chi connectivity index (χ1v) is 3.95. The number of hydrogen-bond donors (Lipinski definition) is 0. The largest absolute Gasteiger partial charge is 0.417 e. The highest BCUT2D eigenvalue weighted by Crippen LogP contribution is 2.35. The Labute approximate surface area is 80.4 Å². The van der Waals surface area contributed by atoms with Gasteiger partial charge < -0.3 is 0 Å². The molecule has 0 spiro atoms. The second-order valence-corrected chi connectivity index (χ2v) is 2.72. The van der Waals surface area contributed by atoms with E-state index in [4.69, 9.17) is 0 Å². The minimum absolute atomic E-state index is 0.0786. The van der Waals surface area contributed by atoms with Gasteiger partial charge in [0.2, 0.25) is 0 Å². The quantitative estimate of drug-likeness (QED) is 0.674. The van der Waals surface area contributed by atoms with E-state index in [1.54, 1.807) is 6.07 Å². The molecule has 0 aliphatic heterocycles. The standard InChI is InChI=1S/C11H9F3/c1-3-8-6-5-7-9(4-2)10(8)11(12,13)14/h3-7H,1-2H2. The summed E-state index contributed by atoms with van der Waals surface area (Å²) < 4.78 is 37.8. The van der Waals surface area contributed by atoms with Crippen molar-refractivity contribution >= 4 is 12.2 Å². The molecular weight excluding hydrogens is 189 g/mol. The molecule has 0 unspecified atom stereocenters. The van der Waals surface area contributed by atoms with Crippen molar-refractivity contribution in [1.82, 2.24) is 0 Å². The topological polar surface area (TPSA) is 0 Å². The van der Waals surface area contributed by atoms with Crippen LogP contribution in [0.5, 0.6) is 0 Å². The highest BCUT2D eigenvalue weighted by molar-refractivity contribution is 5.63. The van der Waals surface area contributed by atoms with Crippen LogP contribution in [0.4, 0.5) is 13.2 Å². The third-order valence-electron chi connectivity index (χ3n) is 1.85. The van der Waals surface area contributed by atoms with Gasteiger partial charge in [-0.25, -0.2) is 0 Å². The summed E-state index contributed by atoms with van der Waals surface area (Å²) in [4.78, 5) is 0. The predicted octanol–water partition coefficient (Wildman–Crippen LogP) is 3.99. The van der Waals surface area contributed by atoms with Crippen LogP contribution >= 0.6 is 0 Å². The van der Waals surface area contributed by atoms with Crippen LogP contribution in [0.15, 0.2) is 31.4 Å². The normalized spacial score (nSPS) is 11.1. The Balaban J connectivity index is 3.49. The molecule has 14 heavy (non-hydrogen) atoms. The van der Waals surface area contributed by atoms with Crippen LogP contribution in [0, 0.1) is 0 Å². The molecule has 0 aliphatic carbocycles. The Hall–Kier alpha value is -1.51. The number of benzene rings is 1. The van der Waals surface area contributed by atoms with Crippen molar-refractivity contribution in [3.05, 3.63) is 48.0 Å². The first-order chi connectivity index (χ1) is 6.50. The molecule has 3 heteroatoms. The highest BCUT2D eigenvalue weighted by atomic mass is 19.4. The molecule has 0 nitrogen and oxygen atoms in total. The molecular formula is C11H9F3. The molecule has 0 N–H and O–H groups in total. The van der Waals surface area contributed by atoms with E-state index in [-0.39, 0.29) is 11.1 Å². The first-order valence-electron chi connectivity index (χ1n) is 3.95. The molecule has 0 aliphatic rings. The van der Waals surface area contributed by atoms with Gasteiger partial charge in [-0.05, 0) is 11.1 Å². The highest BCUT2D eigenvalue weighted by Gasteiger charge is 2.34. The lowest BCUT2D eigenvalue weighted by molar-refractivity contribution is -0.137. The summed E-state index contributed by atoms with van der Waals surface area (Å²) in [6.07, 6.45) is -1.99. The number of rotatable bonds is 2. The molecule has 0 heterocycles. The molecule has 0 saturated carbocycles. The van der Waals surface area contributed by atoms with E-state index >= 15 is 0 Å². The Morgan fingerprint density at radius 3 is 1.71 bits per heavy atom. The lowest BCUT2D eigenvalue weighted by Gasteiger charge is -2.13. The Bertz CT molecular complexity index is 335. The van der Waals surface area contributed by atoms with Gasteiger partial charge in [-0.3, -0.25) is 0 Å². The molecule has 1 aromatic rings. The van der Waals surface area contributed by atoms with Gasteiger partial charge >= 0.3 is 6.18 Å². The van der Waals surface area contributed by atoms with E-state index in [1.165, 1.54) is 24.3 Å². The summed E-state index contributed by atoms with van der Waals surface area (Å²) in [7, 11) is 0. The smallest absolute Gasteiger partial charge is 0.166 e. The van der Waals surface area contributed by atoms with Crippen LogP contribution < -0.4 is 0 Å². The van der Waals surface area contributed by atoms with Crippen LogP contribution in [-0.2, 0) is 6.18 Å². The Kier molecular flexibility index (Phi) is 2.79. The van der Waals surface area contributed by atoms with Crippen molar-refractivity contribution in [3.63, 3.8) is 0 Å². The van der Waals surface area contributed by atoms with Gasteiger partial charge in [-0.15, -0.1) is 0 Å². The van der Waals surface area contributed by atoms with Gasteiger partial charge in [0.25, 0.3) is 0 Å². The van der Waals surface area contributed by atoms with E-state index < -0.39 is 11.7 Å². The van der Waals surface area contributed by atoms with Crippen LogP contribution in [-0.4, -0.2) is 0 Å². The monoisotopic (exact) mass is 198 g/mol. The molecule has 0 saturated heterocycles. The van der Waals surface area contributed by atoms with Crippen LogP contribution in [0.1, 0.15) is 16.7 Å². The van der Waals surface area contributed by atoms with Crippen molar-refractivity contribution in [1.29, 1.82) is 0 Å². The maximum Gasteiger partial charge on any atom is 0.417 e. The van der Waals surface area contributed by atoms with Crippen LogP contribution in [0.25, 0.3) is 12.2 Å². The molecule has 0 atom stereocenters. The van der Waals surface area contributed by atoms with Crippen molar-refractivity contribution in [3.8, 4) is 0 Å². The molecule has 1 rings (SSSR count). The van der Waals surface area contributed by atoms with E-state index in [9.17, 15) is 13.2 Å². The minimum atomic E-state index is -4.37. The van der Waals surface area contributed by atoms with E-state index in [1.807, 2.05) is 0 Å². The average Bonchev–Trinajstić information content (AvgIpc) is 2.15. The summed E-state index contributed by atoms with van der Waals surface area (Å²) in [6, 6.07) is 4.30. The summed E-state index contributed by atoms with van der Waals surface area (Å²) in [5.41, 5.74) is -0.519. The second kappa shape index (κ2) is 3.70. The van der Waals surface area contributed by atoms with Gasteiger partial charge in [0, 0.05) is 0 Å². The number of alkyl halides is 3. The van der Waals surface area contributed by atoms with Gasteiger partial charge in [-0.1, -0.05) is 43.5 Å². The SMILES string of the molecule is C=Cc1cccc(C=C)c1C(F)(F)F. The third kappa shape index (κ3) is 1.87. The minimum Gasteiger partial charge on any atom is -0.166 e. The maximum atomic E-state index is 12.6. The Morgan fingerprint density at radius 1 is 1.00 bits per heavy atom. The maximum absolute atomic E-state index is 12.6. The van der Waals surface area contributed by atoms with E-state index in [0.29, 0.717) is 0 Å². The number of halogens is 3. The zero-order valence-corrected chi connectivity index (χ0v) is 7.43. The summed E-state index contributed by atoms with van der Waals surface area (Å²) >= 11 is 0. The lowest BCUT2D eigenvalue weighted by atomic mass is 10.0. The zero-order chi connectivity index (χ0) is 10.8. The average molecular weight is 198 g/mol. The first kappa shape index (κ1) is 10.6. The summed E-state index contributed by atoms with van der Waals surface area (Å²) in [5, 5.41) is 0. The molecule has 74 valence electrons. The van der Waals surface area contributed by atoms with E-state index in [0.717, 1.165) is 0 Å². The summed E-state index contributed by atoms with van der Waals surface area (Å²) in [6.45, 7) is 6.69. The van der Waals surface area contributed by atoms with E-state index in [2.05, 4.69) is 13.2 Å². The molecule has 1 aromatic carbocycles. The fourth-order valence-corrected chi connectivity index (χ4v) is 1.26. The predicted molar refractivity (Wildman–Crippen MR) is 51.6 cm³/mol. The van der Waals surface area contributed by atoms with Crippen molar-refractivity contribution in [2.24, 2.45) is 0 Å². The van der Waals surface area contributed by atoms with Crippen molar-refractivity contribution < 1.29 is 13.2 Å². The van der Waals surface area contributed by atoms with Gasteiger partial charge in [0.15, 0.2) is 0 Å². The van der Waals surface area contributed by atoms with Crippen molar-refractivity contribution in [2.75, 3.05) is 0 Å². The third-order valence-corrected chi connectivity index (χ3v) is 1.85. The number of hydrogen-bond acceptors (Lipinski definition) is 0. The van der Waals surface area contributed by atoms with Gasteiger partial charge in [0.05, 0.1) is 5.56 Å². The van der Waals surface area contributed by atoms with Gasteiger partial charge in [-0.2, -0.15) is 13.2 Å². The molecule has 0 bridgehead atoms. The molecule has 0 amide bonds. The Morgan fingerprint density at radius 2 is 1.43 bits per heavy atom.